The van der Waals surface area contributed by atoms with Gasteiger partial charge in [0, 0.05) is 19.3 Å². The average Bonchev–Trinajstić information content (AvgIpc) is 2.84. The lowest BCUT2D eigenvalue weighted by Crippen LogP contribution is -2.43. The Kier molecular flexibility index (Phi) is 4.88. The second kappa shape index (κ2) is 6.48. The Bertz CT molecular complexity index is 487. The fourth-order valence-corrected chi connectivity index (χ4v) is 3.11. The van der Waals surface area contributed by atoms with Crippen LogP contribution in [0.5, 0.6) is 0 Å². The number of anilines is 1. The molecule has 1 fully saturated rings. The lowest BCUT2D eigenvalue weighted by Gasteiger charge is -2.29. The highest BCUT2D eigenvalue weighted by Crippen LogP contribution is 2.29. The van der Waals surface area contributed by atoms with Gasteiger partial charge in [-0.25, -0.2) is 0 Å². The fraction of sp³-hybridized carbons (Fsp3) is 0.588. The Balaban J connectivity index is 1.89. The van der Waals surface area contributed by atoms with E-state index in [1.807, 2.05) is 32.0 Å². The van der Waals surface area contributed by atoms with Gasteiger partial charge in [-0.3, -0.25) is 4.79 Å². The number of carbonyl (C=O) groups excluding carboxylic acids is 1. The van der Waals surface area contributed by atoms with E-state index in [2.05, 4.69) is 5.32 Å². The summed E-state index contributed by atoms with van der Waals surface area (Å²) in [5.74, 6) is 0.0120. The SMILES string of the molecule is Cc1cccc(C)c1NCC(=O)N(C)CC1(O)CCCC1. The molecule has 1 aromatic carbocycles. The zero-order valence-electron chi connectivity index (χ0n) is 13.3. The number of rotatable bonds is 5. The molecule has 1 amide bonds. The van der Waals surface area contributed by atoms with Crippen LogP contribution in [0, 0.1) is 13.8 Å². The third kappa shape index (κ3) is 3.97. The number of amides is 1. The molecule has 116 valence electrons. The fourth-order valence-electron chi connectivity index (χ4n) is 3.11. The van der Waals surface area contributed by atoms with Crippen LogP contribution in [0.15, 0.2) is 18.2 Å². The molecule has 0 aromatic heterocycles. The summed E-state index contributed by atoms with van der Waals surface area (Å²) in [5, 5.41) is 13.6. The predicted octanol–water partition coefficient (Wildman–Crippen LogP) is 2.48. The van der Waals surface area contributed by atoms with Crippen molar-refractivity contribution in [3.05, 3.63) is 29.3 Å². The van der Waals surface area contributed by atoms with E-state index < -0.39 is 5.60 Å². The minimum atomic E-state index is -0.678. The molecule has 0 aliphatic heterocycles. The third-order valence-electron chi connectivity index (χ3n) is 4.39. The van der Waals surface area contributed by atoms with Crippen LogP contribution in [0.3, 0.4) is 0 Å². The number of hydrogen-bond donors (Lipinski definition) is 2. The zero-order chi connectivity index (χ0) is 15.5. The number of carbonyl (C=O) groups is 1. The molecule has 1 aliphatic rings. The number of benzene rings is 1. The number of aliphatic hydroxyl groups is 1. The summed E-state index contributed by atoms with van der Waals surface area (Å²) in [5.41, 5.74) is 2.63. The van der Waals surface area contributed by atoms with Crippen LogP contribution in [0.2, 0.25) is 0 Å². The summed E-state index contributed by atoms with van der Waals surface area (Å²) in [7, 11) is 1.77. The molecular weight excluding hydrogens is 264 g/mol. The summed E-state index contributed by atoms with van der Waals surface area (Å²) >= 11 is 0. The van der Waals surface area contributed by atoms with E-state index in [1.54, 1.807) is 11.9 Å². The standard InChI is InChI=1S/C17H26N2O2/c1-13-7-6-8-14(2)16(13)18-11-15(20)19(3)12-17(21)9-4-5-10-17/h6-8,18,21H,4-5,9-12H2,1-3H3. The number of likely N-dealkylation sites (N-methyl/N-ethyl adjacent to an activating group) is 1. The molecule has 21 heavy (non-hydrogen) atoms. The highest BCUT2D eigenvalue weighted by molar-refractivity contribution is 5.81. The van der Waals surface area contributed by atoms with Crippen molar-refractivity contribution in [1.29, 1.82) is 0 Å². The lowest BCUT2D eigenvalue weighted by atomic mass is 10.0. The Hall–Kier alpha value is -1.55. The molecule has 1 saturated carbocycles. The maximum atomic E-state index is 12.2. The van der Waals surface area contributed by atoms with Gasteiger partial charge in [0.05, 0.1) is 12.1 Å². The first kappa shape index (κ1) is 15.8. The monoisotopic (exact) mass is 290 g/mol. The Morgan fingerprint density at radius 3 is 2.43 bits per heavy atom. The van der Waals surface area contributed by atoms with Crippen molar-refractivity contribution < 1.29 is 9.90 Å². The normalized spacial score (nSPS) is 16.8. The minimum Gasteiger partial charge on any atom is -0.388 e. The number of para-hydroxylation sites is 1. The van der Waals surface area contributed by atoms with Crippen LogP contribution < -0.4 is 5.32 Å². The van der Waals surface area contributed by atoms with Crippen molar-refractivity contribution in [2.24, 2.45) is 0 Å². The molecule has 0 bridgehead atoms. The quantitative estimate of drug-likeness (QED) is 0.876. The van der Waals surface area contributed by atoms with Gasteiger partial charge in [0.2, 0.25) is 5.91 Å². The number of nitrogens with zero attached hydrogens (tertiary/aromatic N) is 1. The molecule has 2 N–H and O–H groups in total. The molecule has 1 aromatic rings. The van der Waals surface area contributed by atoms with Crippen molar-refractivity contribution in [2.75, 3.05) is 25.5 Å². The summed E-state index contributed by atoms with van der Waals surface area (Å²) in [6.07, 6.45) is 3.71. The smallest absolute Gasteiger partial charge is 0.241 e. The first-order chi connectivity index (χ1) is 9.91. The van der Waals surface area contributed by atoms with Crippen LogP contribution in [0.1, 0.15) is 36.8 Å². The maximum Gasteiger partial charge on any atom is 0.241 e. The maximum absolute atomic E-state index is 12.2. The summed E-state index contributed by atoms with van der Waals surface area (Å²) in [6, 6.07) is 6.08. The molecule has 1 aliphatic carbocycles. The van der Waals surface area contributed by atoms with E-state index >= 15 is 0 Å². The van der Waals surface area contributed by atoms with Gasteiger partial charge in [0.15, 0.2) is 0 Å². The highest BCUT2D eigenvalue weighted by atomic mass is 16.3. The summed E-state index contributed by atoms with van der Waals surface area (Å²) in [6.45, 7) is 4.76. The first-order valence-electron chi connectivity index (χ1n) is 7.68. The van der Waals surface area contributed by atoms with Gasteiger partial charge in [-0.2, -0.15) is 0 Å². The molecule has 0 spiro atoms. The first-order valence-corrected chi connectivity index (χ1v) is 7.68. The number of aryl methyl sites for hydroxylation is 2. The number of nitrogens with one attached hydrogen (secondary N) is 1. The lowest BCUT2D eigenvalue weighted by molar-refractivity contribution is -0.131. The molecule has 2 rings (SSSR count). The zero-order valence-corrected chi connectivity index (χ0v) is 13.3. The van der Waals surface area contributed by atoms with Crippen LogP contribution in [-0.2, 0) is 4.79 Å². The predicted molar refractivity (Wildman–Crippen MR) is 85.5 cm³/mol. The molecule has 4 heteroatoms. The van der Waals surface area contributed by atoms with Crippen LogP contribution >= 0.6 is 0 Å². The van der Waals surface area contributed by atoms with Gasteiger partial charge in [0.1, 0.15) is 0 Å². The minimum absolute atomic E-state index is 0.0120. The van der Waals surface area contributed by atoms with Gasteiger partial charge in [-0.1, -0.05) is 31.0 Å². The molecule has 0 unspecified atom stereocenters. The Morgan fingerprint density at radius 1 is 1.29 bits per heavy atom. The average molecular weight is 290 g/mol. The van der Waals surface area contributed by atoms with E-state index in [9.17, 15) is 9.90 Å². The van der Waals surface area contributed by atoms with Crippen molar-refractivity contribution >= 4 is 11.6 Å². The molecule has 0 radical (unpaired) electrons. The molecule has 0 saturated heterocycles. The van der Waals surface area contributed by atoms with Crippen molar-refractivity contribution in [1.82, 2.24) is 4.90 Å². The van der Waals surface area contributed by atoms with Gasteiger partial charge in [-0.15, -0.1) is 0 Å². The van der Waals surface area contributed by atoms with Gasteiger partial charge >= 0.3 is 0 Å². The second-order valence-corrected chi connectivity index (χ2v) is 6.30. The molecule has 0 heterocycles. The van der Waals surface area contributed by atoms with Crippen molar-refractivity contribution in [2.45, 2.75) is 45.1 Å². The summed E-state index contributed by atoms with van der Waals surface area (Å²) in [4.78, 5) is 13.9. The van der Waals surface area contributed by atoms with E-state index in [1.165, 1.54) is 0 Å². The van der Waals surface area contributed by atoms with E-state index in [0.29, 0.717) is 6.54 Å². The molecule has 0 atom stereocenters. The van der Waals surface area contributed by atoms with E-state index in [4.69, 9.17) is 0 Å². The van der Waals surface area contributed by atoms with Crippen LogP contribution in [0.4, 0.5) is 5.69 Å². The highest BCUT2D eigenvalue weighted by Gasteiger charge is 2.33. The van der Waals surface area contributed by atoms with Gasteiger partial charge in [0.25, 0.3) is 0 Å². The van der Waals surface area contributed by atoms with Crippen LogP contribution in [-0.4, -0.2) is 41.7 Å². The van der Waals surface area contributed by atoms with Crippen molar-refractivity contribution in [3.63, 3.8) is 0 Å². The molecule has 4 nitrogen and oxygen atoms in total. The van der Waals surface area contributed by atoms with E-state index in [-0.39, 0.29) is 12.5 Å². The van der Waals surface area contributed by atoms with Crippen LogP contribution in [0.25, 0.3) is 0 Å². The van der Waals surface area contributed by atoms with E-state index in [0.717, 1.165) is 42.5 Å². The Morgan fingerprint density at radius 2 is 1.86 bits per heavy atom. The topological polar surface area (TPSA) is 52.6 Å². The summed E-state index contributed by atoms with van der Waals surface area (Å²) < 4.78 is 0. The third-order valence-corrected chi connectivity index (χ3v) is 4.39. The van der Waals surface area contributed by atoms with Crippen molar-refractivity contribution in [3.8, 4) is 0 Å². The Labute approximate surface area is 127 Å². The second-order valence-electron chi connectivity index (χ2n) is 6.30. The largest absolute Gasteiger partial charge is 0.388 e. The molecular formula is C17H26N2O2. The van der Waals surface area contributed by atoms with Gasteiger partial charge in [-0.05, 0) is 37.8 Å². The van der Waals surface area contributed by atoms with Gasteiger partial charge < -0.3 is 15.3 Å². The number of hydrogen-bond acceptors (Lipinski definition) is 3.